The fraction of sp³-hybridized carbons (Fsp3) is 1.00. The Balaban J connectivity index is 3.03. The topological polar surface area (TPSA) is 20.2 Å². The first-order chi connectivity index (χ1) is 9.18. The average molecular weight is 271 g/mol. The third kappa shape index (κ3) is 14.2. The van der Waals surface area contributed by atoms with Gasteiger partial charge in [-0.25, -0.2) is 0 Å². The Kier molecular flexibility index (Phi) is 14.3. The molecule has 0 spiro atoms. The molecule has 0 aromatic carbocycles. The van der Waals surface area contributed by atoms with E-state index in [1.54, 1.807) is 0 Å². The molecule has 0 aromatic rings. The van der Waals surface area contributed by atoms with Gasteiger partial charge in [0, 0.05) is 0 Å². The highest BCUT2D eigenvalue weighted by Gasteiger charge is 2.07. The second-order valence-electron chi connectivity index (χ2n) is 6.40. The standard InChI is InChI=1S/C18H38O/c1-4-5-6-7-8-9-10-11-12-13-14-15-16-17(2)18(3)19/h17-19H,4-16H2,1-3H3/t17?,18-/m1/s1. The lowest BCUT2D eigenvalue weighted by Gasteiger charge is -2.13. The molecule has 0 bridgehead atoms. The largest absolute Gasteiger partial charge is 0.393 e. The highest BCUT2D eigenvalue weighted by atomic mass is 16.3. The molecule has 0 amide bonds. The van der Waals surface area contributed by atoms with Crippen LogP contribution >= 0.6 is 0 Å². The van der Waals surface area contributed by atoms with Crippen LogP contribution in [-0.4, -0.2) is 11.2 Å². The first kappa shape index (κ1) is 19.0. The SMILES string of the molecule is CCCCCCCCCCCCCCC(C)[C@@H](C)O. The minimum absolute atomic E-state index is 0.132. The van der Waals surface area contributed by atoms with Crippen LogP contribution in [0.4, 0.5) is 0 Å². The summed E-state index contributed by atoms with van der Waals surface area (Å²) in [7, 11) is 0. The smallest absolute Gasteiger partial charge is 0.0537 e. The fourth-order valence-corrected chi connectivity index (χ4v) is 2.55. The zero-order chi connectivity index (χ0) is 14.3. The van der Waals surface area contributed by atoms with Gasteiger partial charge in [-0.05, 0) is 19.3 Å². The highest BCUT2D eigenvalue weighted by Crippen LogP contribution is 2.15. The van der Waals surface area contributed by atoms with Crippen molar-refractivity contribution in [2.45, 2.75) is 110 Å². The lowest BCUT2D eigenvalue weighted by molar-refractivity contribution is 0.128. The van der Waals surface area contributed by atoms with Crippen LogP contribution in [0.5, 0.6) is 0 Å². The minimum Gasteiger partial charge on any atom is -0.393 e. The van der Waals surface area contributed by atoms with Gasteiger partial charge in [-0.1, -0.05) is 90.9 Å². The second-order valence-corrected chi connectivity index (χ2v) is 6.40. The van der Waals surface area contributed by atoms with Crippen LogP contribution in [0.15, 0.2) is 0 Å². The maximum Gasteiger partial charge on any atom is 0.0537 e. The van der Waals surface area contributed by atoms with Gasteiger partial charge in [-0.2, -0.15) is 0 Å². The fourth-order valence-electron chi connectivity index (χ4n) is 2.55. The number of aliphatic hydroxyl groups excluding tert-OH is 1. The van der Waals surface area contributed by atoms with Crippen LogP contribution in [0.25, 0.3) is 0 Å². The van der Waals surface area contributed by atoms with Gasteiger partial charge < -0.3 is 5.11 Å². The first-order valence-corrected chi connectivity index (χ1v) is 8.86. The number of unbranched alkanes of at least 4 members (excludes halogenated alkanes) is 11. The van der Waals surface area contributed by atoms with Gasteiger partial charge >= 0.3 is 0 Å². The minimum atomic E-state index is -0.132. The van der Waals surface area contributed by atoms with E-state index >= 15 is 0 Å². The zero-order valence-electron chi connectivity index (χ0n) is 13.8. The summed E-state index contributed by atoms with van der Waals surface area (Å²) in [6.45, 7) is 6.34. The van der Waals surface area contributed by atoms with E-state index in [1.807, 2.05) is 6.92 Å². The summed E-state index contributed by atoms with van der Waals surface area (Å²) in [5.74, 6) is 0.475. The van der Waals surface area contributed by atoms with Gasteiger partial charge in [-0.15, -0.1) is 0 Å². The average Bonchev–Trinajstić information content (AvgIpc) is 2.39. The molecule has 0 saturated carbocycles. The van der Waals surface area contributed by atoms with Gasteiger partial charge in [0.25, 0.3) is 0 Å². The first-order valence-electron chi connectivity index (χ1n) is 8.86. The molecule has 0 radical (unpaired) electrons. The molecule has 0 heterocycles. The maximum atomic E-state index is 9.40. The van der Waals surface area contributed by atoms with Gasteiger partial charge in [0.15, 0.2) is 0 Å². The van der Waals surface area contributed by atoms with E-state index in [-0.39, 0.29) is 6.10 Å². The van der Waals surface area contributed by atoms with E-state index < -0.39 is 0 Å². The van der Waals surface area contributed by atoms with Gasteiger partial charge in [0.1, 0.15) is 0 Å². The van der Waals surface area contributed by atoms with Crippen LogP contribution in [0.1, 0.15) is 104 Å². The van der Waals surface area contributed by atoms with Crippen LogP contribution in [0.2, 0.25) is 0 Å². The number of aliphatic hydroxyl groups is 1. The van der Waals surface area contributed by atoms with Crippen LogP contribution in [0, 0.1) is 5.92 Å². The molecule has 0 fully saturated rings. The summed E-state index contributed by atoms with van der Waals surface area (Å²) in [6, 6.07) is 0. The predicted molar refractivity (Wildman–Crippen MR) is 86.5 cm³/mol. The van der Waals surface area contributed by atoms with E-state index in [9.17, 15) is 5.11 Å². The van der Waals surface area contributed by atoms with Crippen molar-refractivity contribution >= 4 is 0 Å². The molecule has 0 aromatic heterocycles. The van der Waals surface area contributed by atoms with Gasteiger partial charge in [-0.3, -0.25) is 0 Å². The van der Waals surface area contributed by atoms with Crippen LogP contribution < -0.4 is 0 Å². The van der Waals surface area contributed by atoms with Crippen molar-refractivity contribution < 1.29 is 5.11 Å². The normalized spacial score (nSPS) is 14.5. The van der Waals surface area contributed by atoms with E-state index in [1.165, 1.54) is 83.5 Å². The maximum absolute atomic E-state index is 9.40. The van der Waals surface area contributed by atoms with Crippen molar-refractivity contribution in [2.75, 3.05) is 0 Å². The summed E-state index contributed by atoms with van der Waals surface area (Å²) in [4.78, 5) is 0. The Morgan fingerprint density at radius 3 is 1.37 bits per heavy atom. The number of hydrogen-bond donors (Lipinski definition) is 1. The lowest BCUT2D eigenvalue weighted by atomic mass is 9.97. The molecule has 1 unspecified atom stereocenters. The molecule has 0 rings (SSSR count). The van der Waals surface area contributed by atoms with Crippen LogP contribution in [-0.2, 0) is 0 Å². The summed E-state index contributed by atoms with van der Waals surface area (Å²) in [6.07, 6.45) is 17.9. The predicted octanol–water partition coefficient (Wildman–Crippen LogP) is 6.09. The molecular weight excluding hydrogens is 232 g/mol. The molecule has 1 N–H and O–H groups in total. The molecule has 0 aliphatic heterocycles. The van der Waals surface area contributed by atoms with Crippen molar-refractivity contribution in [1.29, 1.82) is 0 Å². The van der Waals surface area contributed by atoms with E-state index in [2.05, 4.69) is 13.8 Å². The molecule has 1 heteroatoms. The van der Waals surface area contributed by atoms with Crippen molar-refractivity contribution in [1.82, 2.24) is 0 Å². The second kappa shape index (κ2) is 14.4. The number of hydrogen-bond acceptors (Lipinski definition) is 1. The summed E-state index contributed by atoms with van der Waals surface area (Å²) < 4.78 is 0. The van der Waals surface area contributed by atoms with E-state index in [0.29, 0.717) is 5.92 Å². The Morgan fingerprint density at radius 1 is 0.632 bits per heavy atom. The molecule has 19 heavy (non-hydrogen) atoms. The van der Waals surface area contributed by atoms with Gasteiger partial charge in [0.2, 0.25) is 0 Å². The summed E-state index contributed by atoms with van der Waals surface area (Å²) in [5.41, 5.74) is 0. The van der Waals surface area contributed by atoms with Crippen molar-refractivity contribution in [2.24, 2.45) is 5.92 Å². The Morgan fingerprint density at radius 2 is 1.00 bits per heavy atom. The third-order valence-corrected chi connectivity index (χ3v) is 4.34. The summed E-state index contributed by atoms with van der Waals surface area (Å²) in [5, 5.41) is 9.40. The molecule has 1 nitrogen and oxygen atoms in total. The molecule has 116 valence electrons. The summed E-state index contributed by atoms with van der Waals surface area (Å²) >= 11 is 0. The van der Waals surface area contributed by atoms with Crippen molar-refractivity contribution in [3.8, 4) is 0 Å². The monoisotopic (exact) mass is 270 g/mol. The zero-order valence-corrected chi connectivity index (χ0v) is 13.8. The molecule has 2 atom stereocenters. The van der Waals surface area contributed by atoms with Crippen molar-refractivity contribution in [3.63, 3.8) is 0 Å². The Labute approximate surface area is 122 Å². The van der Waals surface area contributed by atoms with Crippen molar-refractivity contribution in [3.05, 3.63) is 0 Å². The van der Waals surface area contributed by atoms with Crippen LogP contribution in [0.3, 0.4) is 0 Å². The van der Waals surface area contributed by atoms with E-state index in [4.69, 9.17) is 0 Å². The van der Waals surface area contributed by atoms with Gasteiger partial charge in [0.05, 0.1) is 6.10 Å². The quantitative estimate of drug-likeness (QED) is 0.378. The molecule has 0 aliphatic rings. The lowest BCUT2D eigenvalue weighted by Crippen LogP contribution is -2.12. The Hall–Kier alpha value is -0.0400. The highest BCUT2D eigenvalue weighted by molar-refractivity contribution is 4.59. The molecule has 0 saturated heterocycles. The third-order valence-electron chi connectivity index (χ3n) is 4.34. The molecule has 0 aliphatic carbocycles. The molecular formula is C18H38O. The Bertz CT molecular complexity index is 165. The van der Waals surface area contributed by atoms with E-state index in [0.717, 1.165) is 0 Å². The number of rotatable bonds is 14.